The number of nitrogens with one attached hydrogen (secondary N) is 1. The lowest BCUT2D eigenvalue weighted by molar-refractivity contribution is -0.120. The van der Waals surface area contributed by atoms with Gasteiger partial charge in [-0.1, -0.05) is 11.6 Å². The second-order valence-electron chi connectivity index (χ2n) is 3.67. The van der Waals surface area contributed by atoms with E-state index in [1.807, 2.05) is 4.90 Å². The van der Waals surface area contributed by atoms with E-state index >= 15 is 0 Å². The number of pyridine rings is 1. The SMILES string of the molecule is Nc1cc(Cl)nc(N2CCNC(=O)CC2)c1. The minimum absolute atomic E-state index is 0.0671. The van der Waals surface area contributed by atoms with Gasteiger partial charge in [-0.25, -0.2) is 4.98 Å². The van der Waals surface area contributed by atoms with Gasteiger partial charge in [-0.05, 0) is 6.07 Å². The van der Waals surface area contributed by atoms with Gasteiger partial charge in [-0.2, -0.15) is 0 Å². The Hall–Kier alpha value is -1.49. The molecule has 5 nitrogen and oxygen atoms in total. The molecule has 3 N–H and O–H groups in total. The van der Waals surface area contributed by atoms with E-state index in [0.29, 0.717) is 30.4 Å². The van der Waals surface area contributed by atoms with E-state index in [2.05, 4.69) is 10.3 Å². The third kappa shape index (κ3) is 2.55. The van der Waals surface area contributed by atoms with Crippen molar-refractivity contribution in [2.45, 2.75) is 6.42 Å². The molecule has 1 aromatic rings. The highest BCUT2D eigenvalue weighted by Gasteiger charge is 2.15. The van der Waals surface area contributed by atoms with Crippen LogP contribution in [0.2, 0.25) is 5.15 Å². The number of amides is 1. The van der Waals surface area contributed by atoms with Crippen molar-refractivity contribution in [2.24, 2.45) is 0 Å². The molecule has 0 radical (unpaired) electrons. The molecule has 1 saturated heterocycles. The summed E-state index contributed by atoms with van der Waals surface area (Å²) >= 11 is 5.84. The van der Waals surface area contributed by atoms with Crippen LogP contribution in [0.15, 0.2) is 12.1 Å². The van der Waals surface area contributed by atoms with E-state index in [-0.39, 0.29) is 5.91 Å². The van der Waals surface area contributed by atoms with E-state index in [1.165, 1.54) is 0 Å². The van der Waals surface area contributed by atoms with Crippen LogP contribution >= 0.6 is 11.6 Å². The first kappa shape index (κ1) is 11.0. The van der Waals surface area contributed by atoms with Crippen molar-refractivity contribution in [1.29, 1.82) is 0 Å². The van der Waals surface area contributed by atoms with Crippen molar-refractivity contribution in [2.75, 3.05) is 30.3 Å². The Morgan fingerprint density at radius 3 is 3.00 bits per heavy atom. The second-order valence-corrected chi connectivity index (χ2v) is 4.06. The lowest BCUT2D eigenvalue weighted by Gasteiger charge is -2.20. The third-order valence-corrected chi connectivity index (χ3v) is 2.63. The van der Waals surface area contributed by atoms with Crippen LogP contribution in [0.3, 0.4) is 0 Å². The van der Waals surface area contributed by atoms with E-state index in [0.717, 1.165) is 12.4 Å². The molecule has 0 saturated carbocycles. The topological polar surface area (TPSA) is 71.2 Å². The van der Waals surface area contributed by atoms with E-state index in [4.69, 9.17) is 17.3 Å². The average molecular weight is 241 g/mol. The van der Waals surface area contributed by atoms with Gasteiger partial charge in [0.25, 0.3) is 0 Å². The molecule has 0 atom stereocenters. The summed E-state index contributed by atoms with van der Waals surface area (Å²) in [6.07, 6.45) is 0.466. The fraction of sp³-hybridized carbons (Fsp3) is 0.400. The number of nitrogens with zero attached hydrogens (tertiary/aromatic N) is 2. The molecule has 0 aromatic carbocycles. The molecule has 86 valence electrons. The Morgan fingerprint density at radius 1 is 1.44 bits per heavy atom. The monoisotopic (exact) mass is 240 g/mol. The molecule has 6 heteroatoms. The van der Waals surface area contributed by atoms with Crippen LogP contribution in [-0.2, 0) is 4.79 Å². The molecule has 16 heavy (non-hydrogen) atoms. The van der Waals surface area contributed by atoms with Gasteiger partial charge in [-0.15, -0.1) is 0 Å². The number of hydrogen-bond acceptors (Lipinski definition) is 4. The maximum atomic E-state index is 11.2. The van der Waals surface area contributed by atoms with Crippen LogP contribution in [0.5, 0.6) is 0 Å². The number of nitrogens with two attached hydrogens (primary N) is 1. The lowest BCUT2D eigenvalue weighted by Crippen LogP contribution is -2.29. The Morgan fingerprint density at radius 2 is 2.25 bits per heavy atom. The lowest BCUT2D eigenvalue weighted by atomic mass is 10.3. The molecule has 1 aliphatic heterocycles. The number of carbonyl (C=O) groups excluding carboxylic acids is 1. The molecule has 1 amide bonds. The van der Waals surface area contributed by atoms with Crippen LogP contribution in [0.1, 0.15) is 6.42 Å². The number of hydrogen-bond donors (Lipinski definition) is 2. The Balaban J connectivity index is 2.19. The highest BCUT2D eigenvalue weighted by atomic mass is 35.5. The minimum atomic E-state index is 0.0671. The van der Waals surface area contributed by atoms with Crippen LogP contribution in [0, 0.1) is 0 Å². The largest absolute Gasteiger partial charge is 0.399 e. The van der Waals surface area contributed by atoms with Gasteiger partial charge in [0.2, 0.25) is 5.91 Å². The summed E-state index contributed by atoms with van der Waals surface area (Å²) in [5.74, 6) is 0.791. The van der Waals surface area contributed by atoms with Crippen molar-refractivity contribution in [3.8, 4) is 0 Å². The Kier molecular flexibility index (Phi) is 3.14. The summed E-state index contributed by atoms with van der Waals surface area (Å²) in [4.78, 5) is 17.4. The number of aromatic nitrogens is 1. The summed E-state index contributed by atoms with van der Waals surface area (Å²) in [7, 11) is 0. The Bertz CT molecular complexity index is 390. The molecule has 2 heterocycles. The van der Waals surface area contributed by atoms with Crippen LogP contribution in [0.4, 0.5) is 11.5 Å². The summed E-state index contributed by atoms with van der Waals surface area (Å²) in [6, 6.07) is 3.37. The summed E-state index contributed by atoms with van der Waals surface area (Å²) in [6.45, 7) is 1.98. The maximum Gasteiger partial charge on any atom is 0.221 e. The van der Waals surface area contributed by atoms with Crippen molar-refractivity contribution in [3.63, 3.8) is 0 Å². The van der Waals surface area contributed by atoms with Crippen molar-refractivity contribution >= 4 is 29.0 Å². The molecule has 0 bridgehead atoms. The zero-order valence-electron chi connectivity index (χ0n) is 8.74. The van der Waals surface area contributed by atoms with Crippen LogP contribution in [0.25, 0.3) is 0 Å². The molecular formula is C10H13ClN4O. The highest BCUT2D eigenvalue weighted by Crippen LogP contribution is 2.20. The van der Waals surface area contributed by atoms with Crippen molar-refractivity contribution in [1.82, 2.24) is 10.3 Å². The number of rotatable bonds is 1. The van der Waals surface area contributed by atoms with Crippen molar-refractivity contribution in [3.05, 3.63) is 17.3 Å². The molecular weight excluding hydrogens is 228 g/mol. The molecule has 1 aliphatic rings. The van der Waals surface area contributed by atoms with E-state index in [9.17, 15) is 4.79 Å². The second kappa shape index (κ2) is 4.57. The Labute approximate surface area is 98.6 Å². The number of nitrogen functional groups attached to an aromatic ring is 1. The maximum absolute atomic E-state index is 11.2. The third-order valence-electron chi connectivity index (χ3n) is 2.44. The zero-order valence-corrected chi connectivity index (χ0v) is 9.50. The van der Waals surface area contributed by atoms with Gasteiger partial charge >= 0.3 is 0 Å². The van der Waals surface area contributed by atoms with Gasteiger partial charge < -0.3 is 16.0 Å². The highest BCUT2D eigenvalue weighted by molar-refractivity contribution is 6.29. The molecule has 0 spiro atoms. The predicted molar refractivity (Wildman–Crippen MR) is 63.5 cm³/mol. The van der Waals surface area contributed by atoms with Crippen molar-refractivity contribution < 1.29 is 4.79 Å². The van der Waals surface area contributed by atoms with Crippen LogP contribution in [-0.4, -0.2) is 30.5 Å². The van der Waals surface area contributed by atoms with Crippen LogP contribution < -0.4 is 16.0 Å². The molecule has 2 rings (SSSR count). The number of anilines is 2. The smallest absolute Gasteiger partial charge is 0.221 e. The fourth-order valence-corrected chi connectivity index (χ4v) is 1.87. The van der Waals surface area contributed by atoms with E-state index in [1.54, 1.807) is 12.1 Å². The molecule has 1 fully saturated rings. The first-order chi connectivity index (χ1) is 7.65. The standard InChI is InChI=1S/C10H13ClN4O/c11-8-5-7(12)6-9(14-8)15-3-1-10(16)13-2-4-15/h5-6H,1-4H2,(H2,12,14)(H,13,16). The minimum Gasteiger partial charge on any atom is -0.399 e. The first-order valence-corrected chi connectivity index (χ1v) is 5.47. The summed E-state index contributed by atoms with van der Waals surface area (Å²) < 4.78 is 0. The summed E-state index contributed by atoms with van der Waals surface area (Å²) in [5.41, 5.74) is 6.28. The van der Waals surface area contributed by atoms with Gasteiger partial charge in [0.05, 0.1) is 0 Å². The average Bonchev–Trinajstić information content (AvgIpc) is 2.41. The number of carbonyl (C=O) groups is 1. The molecule has 0 unspecified atom stereocenters. The first-order valence-electron chi connectivity index (χ1n) is 5.10. The number of halogens is 1. The van der Waals surface area contributed by atoms with Gasteiger partial charge in [-0.3, -0.25) is 4.79 Å². The normalized spacial score (nSPS) is 16.8. The van der Waals surface area contributed by atoms with Gasteiger partial charge in [0.15, 0.2) is 0 Å². The van der Waals surface area contributed by atoms with Gasteiger partial charge in [0, 0.05) is 37.8 Å². The van der Waals surface area contributed by atoms with E-state index < -0.39 is 0 Å². The van der Waals surface area contributed by atoms with Gasteiger partial charge in [0.1, 0.15) is 11.0 Å². The predicted octanol–water partition coefficient (Wildman–Crippen LogP) is 0.643. The molecule has 1 aromatic heterocycles. The quantitative estimate of drug-likeness (QED) is 0.707. The summed E-state index contributed by atoms with van der Waals surface area (Å²) in [5, 5.41) is 3.17. The fourth-order valence-electron chi connectivity index (χ4n) is 1.66. The molecule has 0 aliphatic carbocycles. The zero-order chi connectivity index (χ0) is 11.5.